The Bertz CT molecular complexity index is 1380. The summed E-state index contributed by atoms with van der Waals surface area (Å²) in [5.41, 5.74) is 8.59. The highest BCUT2D eigenvalue weighted by atomic mass is 19.1. The molecule has 3 heterocycles. The minimum absolute atomic E-state index is 0.140. The molecule has 170 valence electrons. The summed E-state index contributed by atoms with van der Waals surface area (Å²) in [6.07, 6.45) is 2.99. The molecule has 5 rings (SSSR count). The number of nitrogens with one attached hydrogen (secondary N) is 3. The van der Waals surface area contributed by atoms with Gasteiger partial charge in [-0.1, -0.05) is 12.1 Å². The molecule has 0 fully saturated rings. The van der Waals surface area contributed by atoms with Crippen LogP contribution in [-0.4, -0.2) is 42.1 Å². The molecule has 0 aliphatic rings. The largest absolute Gasteiger partial charge is 0.400 e. The number of aromatic amines is 2. The second-order valence-electron chi connectivity index (χ2n) is 6.71. The van der Waals surface area contributed by atoms with Gasteiger partial charge in [0.2, 0.25) is 0 Å². The van der Waals surface area contributed by atoms with Crippen LogP contribution < -0.4 is 16.6 Å². The zero-order valence-electron chi connectivity index (χ0n) is 18.0. The van der Waals surface area contributed by atoms with Crippen LogP contribution in [0.15, 0.2) is 59.9 Å². The zero-order chi connectivity index (χ0) is 23.8. The monoisotopic (exact) mass is 450 g/mol. The van der Waals surface area contributed by atoms with Crippen LogP contribution in [0.3, 0.4) is 0 Å². The fourth-order valence-corrected chi connectivity index (χ4v) is 3.02. The first kappa shape index (κ1) is 23.3. The molecule has 0 unspecified atom stereocenters. The molecule has 11 heteroatoms. The number of rotatable bonds is 3. The lowest BCUT2D eigenvalue weighted by Crippen LogP contribution is -2.15. The fourth-order valence-electron chi connectivity index (χ4n) is 3.02. The molecule has 0 radical (unpaired) electrons. The Morgan fingerprint density at radius 3 is 2.58 bits per heavy atom. The molecule has 10 nitrogen and oxygen atoms in total. The second kappa shape index (κ2) is 10.8. The van der Waals surface area contributed by atoms with Gasteiger partial charge in [-0.3, -0.25) is 4.79 Å². The lowest BCUT2D eigenvalue weighted by atomic mass is 10.1. The average molecular weight is 450 g/mol. The molecular formula is C22H23FN8O2. The van der Waals surface area contributed by atoms with Gasteiger partial charge in [0.25, 0.3) is 5.56 Å². The molecule has 0 spiro atoms. The van der Waals surface area contributed by atoms with Crippen LogP contribution in [-0.2, 0) is 6.54 Å². The Labute approximate surface area is 187 Å². The summed E-state index contributed by atoms with van der Waals surface area (Å²) in [5.74, 6) is 0.901. The third kappa shape index (κ3) is 5.66. The van der Waals surface area contributed by atoms with E-state index in [0.717, 1.165) is 12.7 Å². The molecule has 0 aliphatic heterocycles. The van der Waals surface area contributed by atoms with Crippen molar-refractivity contribution in [1.29, 1.82) is 0 Å². The number of halogens is 1. The number of hydrogen-bond donors (Lipinski definition) is 5. The van der Waals surface area contributed by atoms with Gasteiger partial charge in [-0.15, -0.1) is 0 Å². The van der Waals surface area contributed by atoms with Gasteiger partial charge in [0.05, 0.1) is 23.8 Å². The minimum atomic E-state index is -0.251. The first-order valence-electron chi connectivity index (χ1n) is 9.83. The van der Waals surface area contributed by atoms with Crippen molar-refractivity contribution in [2.75, 3.05) is 18.2 Å². The van der Waals surface area contributed by atoms with Gasteiger partial charge in [-0.05, 0) is 42.8 Å². The molecule has 0 saturated carbocycles. The van der Waals surface area contributed by atoms with E-state index < -0.39 is 0 Å². The van der Waals surface area contributed by atoms with Gasteiger partial charge in [-0.25, -0.2) is 24.3 Å². The summed E-state index contributed by atoms with van der Waals surface area (Å²) in [5, 5.41) is 10.8. The van der Waals surface area contributed by atoms with Crippen LogP contribution in [0.1, 0.15) is 11.4 Å². The summed E-state index contributed by atoms with van der Waals surface area (Å²) < 4.78 is 12.0. The lowest BCUT2D eigenvalue weighted by molar-refractivity contribution is 0.399. The number of hydrogen-bond acceptors (Lipinski definition) is 8. The molecule has 0 saturated heterocycles. The summed E-state index contributed by atoms with van der Waals surface area (Å²) in [6.45, 7) is 2.23. The number of nitrogens with two attached hydrogens (primary N) is 1. The van der Waals surface area contributed by atoms with Gasteiger partial charge < -0.3 is 26.1 Å². The van der Waals surface area contributed by atoms with Crippen molar-refractivity contribution in [2.24, 2.45) is 0 Å². The number of fused-ring (bicyclic) bond motifs is 2. The van der Waals surface area contributed by atoms with Gasteiger partial charge in [-0.2, -0.15) is 0 Å². The van der Waals surface area contributed by atoms with E-state index >= 15 is 0 Å². The normalized spacial score (nSPS) is 10.2. The highest BCUT2D eigenvalue weighted by Crippen LogP contribution is 2.15. The number of H-pyrrole nitrogens is 2. The number of nitrogen functional groups attached to an aromatic ring is 1. The molecule has 2 aromatic carbocycles. The number of nitrogens with zero attached hydrogens (tertiary/aromatic N) is 4. The topological polar surface area (TPSA) is 158 Å². The van der Waals surface area contributed by atoms with E-state index in [1.165, 1.54) is 30.6 Å². The van der Waals surface area contributed by atoms with Crippen molar-refractivity contribution in [1.82, 2.24) is 29.9 Å². The van der Waals surface area contributed by atoms with Crippen molar-refractivity contribution in [3.63, 3.8) is 0 Å². The summed E-state index contributed by atoms with van der Waals surface area (Å²) in [6, 6.07) is 11.3. The van der Waals surface area contributed by atoms with Gasteiger partial charge in [0.1, 0.15) is 23.5 Å². The van der Waals surface area contributed by atoms with Gasteiger partial charge in [0.15, 0.2) is 11.5 Å². The third-order valence-corrected chi connectivity index (χ3v) is 4.51. The minimum Gasteiger partial charge on any atom is -0.400 e. The van der Waals surface area contributed by atoms with E-state index in [9.17, 15) is 9.18 Å². The van der Waals surface area contributed by atoms with E-state index in [4.69, 9.17) is 10.8 Å². The van der Waals surface area contributed by atoms with Crippen molar-refractivity contribution in [3.05, 3.63) is 82.7 Å². The van der Waals surface area contributed by atoms with E-state index in [1.807, 2.05) is 25.1 Å². The highest BCUT2D eigenvalue weighted by Gasteiger charge is 2.08. The number of anilines is 2. The zero-order valence-corrected chi connectivity index (χ0v) is 18.0. The number of aliphatic hydroxyl groups excluding tert-OH is 1. The Balaban J connectivity index is 0.000000258. The quantitative estimate of drug-likeness (QED) is 0.262. The average Bonchev–Trinajstić information content (AvgIpc) is 3.31. The number of aliphatic hydroxyl groups is 1. The molecular weight excluding hydrogens is 427 g/mol. The van der Waals surface area contributed by atoms with Crippen molar-refractivity contribution in [3.8, 4) is 0 Å². The molecule has 0 amide bonds. The second-order valence-corrected chi connectivity index (χ2v) is 6.71. The number of imidazole rings is 1. The summed E-state index contributed by atoms with van der Waals surface area (Å²) in [7, 11) is 1.00. The summed E-state index contributed by atoms with van der Waals surface area (Å²) >= 11 is 0. The van der Waals surface area contributed by atoms with Crippen LogP contribution in [0.2, 0.25) is 0 Å². The van der Waals surface area contributed by atoms with E-state index in [1.54, 1.807) is 6.33 Å². The maximum absolute atomic E-state index is 12.2. The lowest BCUT2D eigenvalue weighted by Gasteiger charge is -2.07. The maximum Gasteiger partial charge on any atom is 0.259 e. The number of aromatic nitrogens is 6. The first-order chi connectivity index (χ1) is 16.0. The van der Waals surface area contributed by atoms with Crippen LogP contribution in [0.4, 0.5) is 15.9 Å². The van der Waals surface area contributed by atoms with Crippen LogP contribution in [0.5, 0.6) is 0 Å². The number of benzene rings is 2. The van der Waals surface area contributed by atoms with E-state index in [-0.39, 0.29) is 11.4 Å². The summed E-state index contributed by atoms with van der Waals surface area (Å²) in [4.78, 5) is 34.8. The Morgan fingerprint density at radius 2 is 1.85 bits per heavy atom. The molecule has 0 atom stereocenters. The molecule has 6 N–H and O–H groups in total. The first-order valence-corrected chi connectivity index (χ1v) is 9.83. The Kier molecular flexibility index (Phi) is 7.60. The number of aryl methyl sites for hydroxylation is 1. The smallest absolute Gasteiger partial charge is 0.259 e. The Morgan fingerprint density at radius 1 is 1.09 bits per heavy atom. The van der Waals surface area contributed by atoms with Crippen molar-refractivity contribution < 1.29 is 9.50 Å². The molecule has 0 aliphatic carbocycles. The highest BCUT2D eigenvalue weighted by molar-refractivity contribution is 5.82. The molecule has 33 heavy (non-hydrogen) atoms. The van der Waals surface area contributed by atoms with E-state index in [0.29, 0.717) is 45.9 Å². The third-order valence-electron chi connectivity index (χ3n) is 4.51. The van der Waals surface area contributed by atoms with Crippen molar-refractivity contribution >= 4 is 33.6 Å². The molecule has 5 aromatic rings. The van der Waals surface area contributed by atoms with Gasteiger partial charge in [0, 0.05) is 12.8 Å². The Hall–Kier alpha value is -4.38. The van der Waals surface area contributed by atoms with Gasteiger partial charge >= 0.3 is 0 Å². The van der Waals surface area contributed by atoms with Crippen LogP contribution in [0, 0.1) is 12.7 Å². The maximum atomic E-state index is 12.2. The predicted octanol–water partition coefficient (Wildman–Crippen LogP) is 2.53. The SMILES string of the molecule is CO.Cc1cccc2nc(CNc3ncnc4nc[nH]c34)[nH]c(=O)c12.Nc1ccc(F)cc1. The van der Waals surface area contributed by atoms with E-state index in [2.05, 4.69) is 35.2 Å². The molecule has 0 bridgehead atoms. The molecule has 3 aromatic heterocycles. The predicted molar refractivity (Wildman–Crippen MR) is 125 cm³/mol. The fraction of sp³-hybridized carbons (Fsp3) is 0.136. The van der Waals surface area contributed by atoms with Crippen LogP contribution in [0.25, 0.3) is 22.1 Å². The van der Waals surface area contributed by atoms with Crippen LogP contribution >= 0.6 is 0 Å². The van der Waals surface area contributed by atoms with Crippen molar-refractivity contribution in [2.45, 2.75) is 13.5 Å². The standard InChI is InChI=1S/C15H13N7O.C6H6FN.CH4O/c1-8-3-2-4-9-11(8)15(23)22-10(21-9)5-16-13-12-14(18-6-17-12)20-7-19-13;7-5-1-3-6(8)4-2-5;1-2/h2-4,6-7H,5H2,1H3,(H,21,22,23)(H2,16,17,18,19,20);1-4H,8H2;2H,1H3.